The number of hydrogen-bond acceptors (Lipinski definition) is 6. The highest BCUT2D eigenvalue weighted by atomic mass is 32.2. The van der Waals surface area contributed by atoms with Crippen molar-refractivity contribution in [2.45, 2.75) is 25.8 Å². The summed E-state index contributed by atoms with van der Waals surface area (Å²) in [5, 5.41) is 4.47. The minimum absolute atomic E-state index is 0.0814. The normalized spacial score (nSPS) is 12.9. The number of fused-ring (bicyclic) bond motifs is 1. The second-order valence-corrected chi connectivity index (χ2v) is 7.12. The SMILES string of the molecule is COC(=O)C(CSC(=O)[C@@H](C)c1ccc2cc(OC)ccc2c1)NC(C)=O. The van der Waals surface area contributed by atoms with Gasteiger partial charge in [0.1, 0.15) is 11.8 Å². The Kier molecular flexibility index (Phi) is 7.24. The number of carbonyl (C=O) groups excluding carboxylic acids is 3. The molecule has 0 saturated carbocycles. The second kappa shape index (κ2) is 9.41. The average Bonchev–Trinajstić information content (AvgIpc) is 2.68. The highest BCUT2D eigenvalue weighted by molar-refractivity contribution is 8.13. The molecule has 1 unspecified atom stereocenters. The summed E-state index contributed by atoms with van der Waals surface area (Å²) in [6.45, 7) is 3.14. The van der Waals surface area contributed by atoms with Crippen molar-refractivity contribution in [2.75, 3.05) is 20.0 Å². The van der Waals surface area contributed by atoms with Gasteiger partial charge in [-0.25, -0.2) is 4.79 Å². The molecule has 2 rings (SSSR count). The molecular formula is C20H23NO5S. The summed E-state index contributed by atoms with van der Waals surface area (Å²) < 4.78 is 9.89. The zero-order valence-electron chi connectivity index (χ0n) is 15.8. The first-order valence-corrected chi connectivity index (χ1v) is 9.43. The van der Waals surface area contributed by atoms with Crippen LogP contribution in [0.25, 0.3) is 10.8 Å². The van der Waals surface area contributed by atoms with Gasteiger partial charge in [-0.3, -0.25) is 9.59 Å². The lowest BCUT2D eigenvalue weighted by Crippen LogP contribution is -2.42. The van der Waals surface area contributed by atoms with E-state index in [4.69, 9.17) is 4.74 Å². The number of ether oxygens (including phenoxy) is 2. The molecule has 0 saturated heterocycles. The van der Waals surface area contributed by atoms with E-state index in [2.05, 4.69) is 10.1 Å². The molecule has 0 aromatic heterocycles. The van der Waals surface area contributed by atoms with Crippen LogP contribution in [-0.2, 0) is 19.1 Å². The Bertz CT molecular complexity index is 851. The number of hydrogen-bond donors (Lipinski definition) is 1. The van der Waals surface area contributed by atoms with Crippen molar-refractivity contribution in [3.05, 3.63) is 42.0 Å². The van der Waals surface area contributed by atoms with Crippen molar-refractivity contribution in [3.63, 3.8) is 0 Å². The Morgan fingerprint density at radius 1 is 1.07 bits per heavy atom. The van der Waals surface area contributed by atoms with Gasteiger partial charge < -0.3 is 14.8 Å². The van der Waals surface area contributed by atoms with Crippen molar-refractivity contribution in [2.24, 2.45) is 0 Å². The van der Waals surface area contributed by atoms with Gasteiger partial charge in [-0.2, -0.15) is 0 Å². The van der Waals surface area contributed by atoms with E-state index in [0.717, 1.165) is 33.8 Å². The molecule has 0 radical (unpaired) electrons. The first kappa shape index (κ1) is 20.8. The van der Waals surface area contributed by atoms with Crippen LogP contribution in [0.2, 0.25) is 0 Å². The fraction of sp³-hybridized carbons (Fsp3) is 0.350. The van der Waals surface area contributed by atoms with Gasteiger partial charge in [0.15, 0.2) is 5.12 Å². The molecule has 144 valence electrons. The number of esters is 1. The van der Waals surface area contributed by atoms with Crippen molar-refractivity contribution in [3.8, 4) is 5.75 Å². The van der Waals surface area contributed by atoms with E-state index in [1.165, 1.54) is 14.0 Å². The predicted molar refractivity (Wildman–Crippen MR) is 106 cm³/mol. The van der Waals surface area contributed by atoms with Gasteiger partial charge in [-0.05, 0) is 28.5 Å². The van der Waals surface area contributed by atoms with Gasteiger partial charge in [0.25, 0.3) is 0 Å². The van der Waals surface area contributed by atoms with Gasteiger partial charge in [-0.1, -0.05) is 43.0 Å². The van der Waals surface area contributed by atoms with Crippen LogP contribution in [0.4, 0.5) is 0 Å². The Labute approximate surface area is 162 Å². The molecule has 0 fully saturated rings. The third-order valence-electron chi connectivity index (χ3n) is 4.18. The largest absolute Gasteiger partial charge is 0.497 e. The third-order valence-corrected chi connectivity index (χ3v) is 5.32. The van der Waals surface area contributed by atoms with Crippen LogP contribution in [0.5, 0.6) is 5.75 Å². The molecule has 0 heterocycles. The Hall–Kier alpha value is -2.54. The zero-order valence-corrected chi connectivity index (χ0v) is 16.6. The summed E-state index contributed by atoms with van der Waals surface area (Å²) in [6.07, 6.45) is 0. The molecular weight excluding hydrogens is 366 g/mol. The number of methoxy groups -OCH3 is 2. The van der Waals surface area contributed by atoms with Crippen molar-refractivity contribution in [1.29, 1.82) is 0 Å². The molecule has 2 atom stereocenters. The van der Waals surface area contributed by atoms with Crippen LogP contribution in [-0.4, -0.2) is 43.0 Å². The highest BCUT2D eigenvalue weighted by Gasteiger charge is 2.24. The van der Waals surface area contributed by atoms with Gasteiger partial charge in [-0.15, -0.1) is 0 Å². The maximum Gasteiger partial charge on any atom is 0.329 e. The second-order valence-electron chi connectivity index (χ2n) is 6.10. The Morgan fingerprint density at radius 3 is 2.37 bits per heavy atom. The van der Waals surface area contributed by atoms with E-state index in [1.54, 1.807) is 7.11 Å². The fourth-order valence-electron chi connectivity index (χ4n) is 2.62. The van der Waals surface area contributed by atoms with Crippen LogP contribution < -0.4 is 10.1 Å². The summed E-state index contributed by atoms with van der Waals surface area (Å²) in [5.41, 5.74) is 0.888. The molecule has 0 aliphatic heterocycles. The van der Waals surface area contributed by atoms with Crippen molar-refractivity contribution >= 4 is 39.5 Å². The Morgan fingerprint density at radius 2 is 1.74 bits per heavy atom. The van der Waals surface area contributed by atoms with E-state index >= 15 is 0 Å². The zero-order chi connectivity index (χ0) is 20.0. The third kappa shape index (κ3) is 5.47. The van der Waals surface area contributed by atoms with E-state index in [-0.39, 0.29) is 22.7 Å². The molecule has 0 bridgehead atoms. The molecule has 1 N–H and O–H groups in total. The van der Waals surface area contributed by atoms with Crippen molar-refractivity contribution in [1.82, 2.24) is 5.32 Å². The summed E-state index contributed by atoms with van der Waals surface area (Å²) in [4.78, 5) is 35.5. The standard InChI is InChI=1S/C20H23NO5S/c1-12(20(24)27-11-18(19(23)26-4)21-13(2)22)14-5-6-16-10-17(25-3)8-7-15(16)9-14/h5-10,12,18H,11H2,1-4H3,(H,21,22)/t12-,18?/m0/s1. The number of benzene rings is 2. The first-order chi connectivity index (χ1) is 12.8. The molecule has 0 aliphatic carbocycles. The fourth-order valence-corrected chi connectivity index (χ4v) is 3.56. The van der Waals surface area contributed by atoms with Crippen molar-refractivity contribution < 1.29 is 23.9 Å². The molecule has 1 amide bonds. The number of rotatable bonds is 7. The number of amides is 1. The topological polar surface area (TPSA) is 81.7 Å². The summed E-state index contributed by atoms with van der Waals surface area (Å²) in [5.74, 6) is -0.367. The molecule has 2 aromatic rings. The van der Waals surface area contributed by atoms with Crippen LogP contribution in [0.3, 0.4) is 0 Å². The summed E-state index contributed by atoms with van der Waals surface area (Å²) in [6, 6.07) is 10.8. The van der Waals surface area contributed by atoms with E-state index in [1.807, 2.05) is 43.3 Å². The van der Waals surface area contributed by atoms with Gasteiger partial charge in [0, 0.05) is 12.7 Å². The monoisotopic (exact) mass is 389 g/mol. The molecule has 27 heavy (non-hydrogen) atoms. The van der Waals surface area contributed by atoms with Crippen LogP contribution >= 0.6 is 11.8 Å². The van der Waals surface area contributed by atoms with E-state index in [9.17, 15) is 14.4 Å². The van der Waals surface area contributed by atoms with Crippen LogP contribution in [0.15, 0.2) is 36.4 Å². The average molecular weight is 389 g/mol. The molecule has 0 aliphatic rings. The molecule has 0 spiro atoms. The highest BCUT2D eigenvalue weighted by Crippen LogP contribution is 2.28. The number of thioether (sulfide) groups is 1. The maximum absolute atomic E-state index is 12.6. The van der Waals surface area contributed by atoms with Gasteiger partial charge in [0.05, 0.1) is 20.1 Å². The van der Waals surface area contributed by atoms with E-state index < -0.39 is 12.0 Å². The maximum atomic E-state index is 12.6. The smallest absolute Gasteiger partial charge is 0.329 e. The lowest BCUT2D eigenvalue weighted by atomic mass is 9.99. The van der Waals surface area contributed by atoms with E-state index in [0.29, 0.717) is 0 Å². The van der Waals surface area contributed by atoms with Crippen LogP contribution in [0.1, 0.15) is 25.3 Å². The van der Waals surface area contributed by atoms with Crippen LogP contribution in [0, 0.1) is 0 Å². The van der Waals surface area contributed by atoms with Gasteiger partial charge in [0.2, 0.25) is 5.91 Å². The Balaban J connectivity index is 2.08. The quantitative estimate of drug-likeness (QED) is 0.734. The lowest BCUT2D eigenvalue weighted by molar-refractivity contribution is -0.144. The molecule has 6 nitrogen and oxygen atoms in total. The minimum atomic E-state index is -0.849. The molecule has 2 aromatic carbocycles. The number of nitrogens with one attached hydrogen (secondary N) is 1. The lowest BCUT2D eigenvalue weighted by Gasteiger charge is -2.16. The number of carbonyl (C=O) groups is 3. The summed E-state index contributed by atoms with van der Waals surface area (Å²) >= 11 is 1.01. The molecule has 7 heteroatoms. The minimum Gasteiger partial charge on any atom is -0.497 e. The van der Waals surface area contributed by atoms with Gasteiger partial charge >= 0.3 is 5.97 Å². The first-order valence-electron chi connectivity index (χ1n) is 8.45. The predicted octanol–water partition coefficient (Wildman–Crippen LogP) is 2.89. The summed E-state index contributed by atoms with van der Waals surface area (Å²) in [7, 11) is 2.87.